The molecule has 0 aliphatic carbocycles. The van der Waals surface area contributed by atoms with Gasteiger partial charge in [0, 0.05) is 6.54 Å². The van der Waals surface area contributed by atoms with Crippen LogP contribution < -0.4 is 10.9 Å². The lowest BCUT2D eigenvalue weighted by atomic mass is 10.2. The zero-order chi connectivity index (χ0) is 22.1. The van der Waals surface area contributed by atoms with E-state index >= 15 is 0 Å². The molecular weight excluding hydrogens is 457 g/mol. The zero-order valence-electron chi connectivity index (χ0n) is 16.4. The Morgan fingerprint density at radius 2 is 2.00 bits per heavy atom. The maximum atomic E-state index is 12.9. The SMILES string of the molecule is C=CCn1c(=O)c2ccccc2n2c(SC(C)C(=O)Nc3cccc(Cl)c3Cl)nnc12. The second kappa shape index (κ2) is 8.74. The quantitative estimate of drug-likeness (QED) is 0.325. The standard InChI is InChI=1S/C21H17Cl2N5O2S/c1-3-11-27-19(30)13-7-4-5-10-16(13)28-20(27)25-26-21(28)31-12(2)18(29)24-15-9-6-8-14(22)17(15)23/h3-10,12H,1,11H2,2H3,(H,24,29). The molecule has 7 nitrogen and oxygen atoms in total. The van der Waals surface area contributed by atoms with Gasteiger partial charge >= 0.3 is 0 Å². The topological polar surface area (TPSA) is 81.3 Å². The lowest BCUT2D eigenvalue weighted by Gasteiger charge is -2.13. The number of amides is 1. The summed E-state index contributed by atoms with van der Waals surface area (Å²) < 4.78 is 3.28. The Bertz CT molecular complexity index is 1380. The molecule has 0 saturated carbocycles. The predicted octanol–water partition coefficient (Wildman–Crippen LogP) is 4.66. The molecule has 2 heterocycles. The zero-order valence-corrected chi connectivity index (χ0v) is 18.7. The summed E-state index contributed by atoms with van der Waals surface area (Å²) in [6.45, 7) is 5.76. The van der Waals surface area contributed by atoms with Gasteiger partial charge < -0.3 is 5.32 Å². The minimum absolute atomic E-state index is 0.173. The van der Waals surface area contributed by atoms with Crippen LogP contribution in [0.1, 0.15) is 6.92 Å². The number of carbonyl (C=O) groups is 1. The van der Waals surface area contributed by atoms with E-state index in [-0.39, 0.29) is 16.5 Å². The summed E-state index contributed by atoms with van der Waals surface area (Å²) in [6, 6.07) is 12.2. The summed E-state index contributed by atoms with van der Waals surface area (Å²) in [7, 11) is 0. The van der Waals surface area contributed by atoms with E-state index in [0.29, 0.717) is 39.1 Å². The van der Waals surface area contributed by atoms with Crippen molar-refractivity contribution in [3.63, 3.8) is 0 Å². The highest BCUT2D eigenvalue weighted by atomic mass is 35.5. The smallest absolute Gasteiger partial charge is 0.263 e. The molecule has 2 aromatic heterocycles. The molecule has 0 bridgehead atoms. The van der Waals surface area contributed by atoms with Crippen LogP contribution in [-0.2, 0) is 11.3 Å². The number of aromatic nitrogens is 4. The molecular formula is C21H17Cl2N5O2S. The average Bonchev–Trinajstić information content (AvgIpc) is 3.17. The van der Waals surface area contributed by atoms with Crippen molar-refractivity contribution >= 4 is 63.2 Å². The number of nitrogens with zero attached hydrogens (tertiary/aromatic N) is 4. The van der Waals surface area contributed by atoms with E-state index < -0.39 is 5.25 Å². The molecule has 0 fully saturated rings. The molecule has 0 spiro atoms. The lowest BCUT2D eigenvalue weighted by Crippen LogP contribution is -2.24. The number of benzene rings is 2. The number of nitrogens with one attached hydrogen (secondary N) is 1. The fourth-order valence-electron chi connectivity index (χ4n) is 3.15. The molecule has 158 valence electrons. The van der Waals surface area contributed by atoms with E-state index in [1.807, 2.05) is 12.1 Å². The van der Waals surface area contributed by atoms with E-state index in [0.717, 1.165) is 0 Å². The Morgan fingerprint density at radius 3 is 2.77 bits per heavy atom. The minimum Gasteiger partial charge on any atom is -0.324 e. The summed E-state index contributed by atoms with van der Waals surface area (Å²) in [4.78, 5) is 25.6. The number of hydrogen-bond donors (Lipinski definition) is 1. The van der Waals surface area contributed by atoms with Crippen molar-refractivity contribution in [1.29, 1.82) is 0 Å². The average molecular weight is 474 g/mol. The third-order valence-electron chi connectivity index (χ3n) is 4.65. The summed E-state index contributed by atoms with van der Waals surface area (Å²) in [5.41, 5.74) is 0.928. The van der Waals surface area contributed by atoms with E-state index in [1.54, 1.807) is 47.7 Å². The first kappa shape index (κ1) is 21.4. The Morgan fingerprint density at radius 1 is 1.23 bits per heavy atom. The fraction of sp³-hybridized carbons (Fsp3) is 0.143. The highest BCUT2D eigenvalue weighted by molar-refractivity contribution is 8.00. The van der Waals surface area contributed by atoms with Crippen LogP contribution in [0.3, 0.4) is 0 Å². The second-order valence-corrected chi connectivity index (χ2v) is 8.78. The van der Waals surface area contributed by atoms with Gasteiger partial charge in [0.15, 0.2) is 5.16 Å². The van der Waals surface area contributed by atoms with Crippen molar-refractivity contribution in [2.45, 2.75) is 23.9 Å². The Labute approximate surface area is 191 Å². The van der Waals surface area contributed by atoms with Gasteiger partial charge in [-0.1, -0.05) is 59.2 Å². The number of para-hydroxylation sites is 1. The number of halogens is 2. The number of thioether (sulfide) groups is 1. The van der Waals surface area contributed by atoms with Crippen molar-refractivity contribution in [2.75, 3.05) is 5.32 Å². The third-order valence-corrected chi connectivity index (χ3v) is 6.51. The molecule has 1 unspecified atom stereocenters. The molecule has 4 rings (SSSR count). The molecule has 31 heavy (non-hydrogen) atoms. The molecule has 1 N–H and O–H groups in total. The van der Waals surface area contributed by atoms with Gasteiger partial charge in [0.1, 0.15) is 0 Å². The molecule has 0 aliphatic heterocycles. The number of allylic oxidation sites excluding steroid dienone is 1. The van der Waals surface area contributed by atoms with Gasteiger partial charge in [-0.25, -0.2) is 0 Å². The van der Waals surface area contributed by atoms with Crippen LogP contribution in [-0.4, -0.2) is 30.3 Å². The van der Waals surface area contributed by atoms with Crippen molar-refractivity contribution in [2.24, 2.45) is 0 Å². The van der Waals surface area contributed by atoms with Gasteiger partial charge in [0.2, 0.25) is 11.7 Å². The van der Waals surface area contributed by atoms with Crippen LogP contribution in [0.4, 0.5) is 5.69 Å². The Balaban J connectivity index is 1.72. The van der Waals surface area contributed by atoms with Crippen LogP contribution in [0.25, 0.3) is 16.7 Å². The van der Waals surface area contributed by atoms with E-state index in [2.05, 4.69) is 22.1 Å². The number of fused-ring (bicyclic) bond motifs is 3. The normalized spacial score (nSPS) is 12.2. The van der Waals surface area contributed by atoms with Gasteiger partial charge in [-0.05, 0) is 31.2 Å². The van der Waals surface area contributed by atoms with Crippen molar-refractivity contribution in [3.05, 3.63) is 75.5 Å². The van der Waals surface area contributed by atoms with Crippen molar-refractivity contribution in [3.8, 4) is 0 Å². The molecule has 2 aromatic carbocycles. The van der Waals surface area contributed by atoms with Crippen molar-refractivity contribution in [1.82, 2.24) is 19.2 Å². The first-order valence-electron chi connectivity index (χ1n) is 9.31. The molecule has 0 radical (unpaired) electrons. The second-order valence-electron chi connectivity index (χ2n) is 6.69. The highest BCUT2D eigenvalue weighted by Gasteiger charge is 2.22. The maximum Gasteiger partial charge on any atom is 0.263 e. The molecule has 4 aromatic rings. The number of rotatable bonds is 6. The van der Waals surface area contributed by atoms with Gasteiger partial charge in [-0.3, -0.25) is 18.6 Å². The first-order chi connectivity index (χ1) is 14.9. The summed E-state index contributed by atoms with van der Waals surface area (Å²) in [6.07, 6.45) is 1.63. The molecule has 10 heteroatoms. The Hall–Kier alpha value is -2.81. The molecule has 0 aliphatic rings. The van der Waals surface area contributed by atoms with Crippen LogP contribution in [0.2, 0.25) is 10.0 Å². The first-order valence-corrected chi connectivity index (χ1v) is 10.9. The van der Waals surface area contributed by atoms with Gasteiger partial charge in [-0.15, -0.1) is 16.8 Å². The van der Waals surface area contributed by atoms with Gasteiger partial charge in [-0.2, -0.15) is 0 Å². The van der Waals surface area contributed by atoms with E-state index in [9.17, 15) is 9.59 Å². The van der Waals surface area contributed by atoms with E-state index in [4.69, 9.17) is 23.2 Å². The Kier molecular flexibility index (Phi) is 6.04. The van der Waals surface area contributed by atoms with Gasteiger partial charge in [0.25, 0.3) is 5.56 Å². The third kappa shape index (κ3) is 3.94. The molecule has 0 saturated heterocycles. The fourth-order valence-corrected chi connectivity index (χ4v) is 4.35. The molecule has 1 amide bonds. The van der Waals surface area contributed by atoms with Crippen LogP contribution in [0, 0.1) is 0 Å². The van der Waals surface area contributed by atoms with Crippen LogP contribution >= 0.6 is 35.0 Å². The minimum atomic E-state index is -0.527. The highest BCUT2D eigenvalue weighted by Crippen LogP contribution is 2.31. The van der Waals surface area contributed by atoms with Crippen LogP contribution in [0.5, 0.6) is 0 Å². The summed E-state index contributed by atoms with van der Waals surface area (Å²) >= 11 is 13.4. The maximum absolute atomic E-state index is 12.9. The largest absolute Gasteiger partial charge is 0.324 e. The number of anilines is 1. The molecule has 1 atom stereocenters. The predicted molar refractivity (Wildman–Crippen MR) is 125 cm³/mol. The lowest BCUT2D eigenvalue weighted by molar-refractivity contribution is -0.115. The summed E-state index contributed by atoms with van der Waals surface area (Å²) in [5, 5.41) is 12.4. The monoisotopic (exact) mass is 473 g/mol. The van der Waals surface area contributed by atoms with E-state index in [1.165, 1.54) is 16.3 Å². The number of hydrogen-bond acceptors (Lipinski definition) is 5. The van der Waals surface area contributed by atoms with Gasteiger partial charge in [0.05, 0.1) is 31.9 Å². The summed E-state index contributed by atoms with van der Waals surface area (Å²) in [5.74, 6) is 0.117. The van der Waals surface area contributed by atoms with Crippen LogP contribution in [0.15, 0.2) is 65.1 Å². The number of carbonyl (C=O) groups excluding carboxylic acids is 1. The van der Waals surface area contributed by atoms with Crippen molar-refractivity contribution < 1.29 is 4.79 Å².